The van der Waals surface area contributed by atoms with Crippen LogP contribution in [0.1, 0.15) is 141 Å². The molecular weight excluding hydrogens is 1800 g/mol. The third-order valence-electron chi connectivity index (χ3n) is 28.1. The first-order valence-corrected chi connectivity index (χ1v) is 48.1. The number of rotatable bonds is 20. The Bertz CT molecular complexity index is 7520. The van der Waals surface area contributed by atoms with Crippen molar-refractivity contribution in [3.63, 3.8) is 0 Å². The van der Waals surface area contributed by atoms with E-state index >= 15 is 0 Å². The topological polar surface area (TPSA) is 437 Å². The molecule has 35 nitrogen and oxygen atoms in total. The summed E-state index contributed by atoms with van der Waals surface area (Å²) in [5.41, 5.74) is 10.7. The molecule has 18 aromatic rings. The van der Waals surface area contributed by atoms with Crippen LogP contribution in [0, 0.1) is 53.9 Å². The first-order chi connectivity index (χ1) is 67.5. The number of aromatic nitrogens is 23. The van der Waals surface area contributed by atoms with E-state index in [9.17, 15) is 37.1 Å². The van der Waals surface area contributed by atoms with Crippen LogP contribution < -0.4 is 31.9 Å². The van der Waals surface area contributed by atoms with Gasteiger partial charge in [-0.05, 0) is 194 Å². The number of halogens is 4. The second-order valence-corrected chi connectivity index (χ2v) is 38.3. The molecule has 0 saturated heterocycles. The zero-order valence-electron chi connectivity index (χ0n) is 77.3. The van der Waals surface area contributed by atoms with Crippen molar-refractivity contribution in [2.45, 2.75) is 166 Å². The summed E-state index contributed by atoms with van der Waals surface area (Å²) in [5, 5.41) is 46.5. The van der Waals surface area contributed by atoms with Crippen molar-refractivity contribution in [1.29, 1.82) is 0 Å². The number of carbonyl (C=O) groups is 3. The number of aromatic amines is 4. The predicted octanol–water partition coefficient (Wildman–Crippen LogP) is 16.7. The Balaban J connectivity index is 0.000000110. The molecule has 139 heavy (non-hydrogen) atoms. The lowest BCUT2D eigenvalue weighted by atomic mass is 9.58. The van der Waals surface area contributed by atoms with E-state index in [1.54, 1.807) is 47.1 Å². The monoisotopic (exact) mass is 1900 g/mol. The molecule has 712 valence electrons. The number of aryl methyl sites for hydroxylation is 5. The molecule has 1 aliphatic heterocycles. The highest BCUT2D eigenvalue weighted by molar-refractivity contribution is 7.09. The van der Waals surface area contributed by atoms with Crippen LogP contribution >= 0.6 is 11.3 Å². The van der Waals surface area contributed by atoms with Crippen molar-refractivity contribution in [2.24, 2.45) is 62.1 Å². The largest absolute Gasteiger partial charge is 0.395 e. The number of nitrogens with zero attached hydrogens (tertiary/aromatic N) is 21. The molecule has 0 aromatic carbocycles. The molecule has 8 atom stereocenters. The fraction of sp³-hybridized carbons (Fsp3) is 0.364. The van der Waals surface area contributed by atoms with E-state index in [1.807, 2.05) is 103 Å². The average Bonchev–Trinajstić information content (AvgIpc) is 1.67. The van der Waals surface area contributed by atoms with E-state index in [-0.39, 0.29) is 66.4 Å². The normalized spacial score (nSPS) is 20.2. The fourth-order valence-electron chi connectivity index (χ4n) is 21.0. The molecular formula is C99H103F4N31O4S. The van der Waals surface area contributed by atoms with Gasteiger partial charge in [0.25, 0.3) is 17.7 Å². The molecule has 2 bridgehead atoms. The van der Waals surface area contributed by atoms with Gasteiger partial charge < -0.3 is 79.8 Å². The van der Waals surface area contributed by atoms with Crippen LogP contribution in [-0.4, -0.2) is 185 Å². The van der Waals surface area contributed by atoms with Gasteiger partial charge in [0.2, 0.25) is 0 Å². The summed E-state index contributed by atoms with van der Waals surface area (Å²) in [5.74, 6) is 5.08. The molecule has 6 fully saturated rings. The number of H-pyrrole nitrogens is 4. The number of nitrogens with one attached hydrogen (secondary N) is 10. The van der Waals surface area contributed by atoms with E-state index in [1.165, 1.54) is 86.1 Å². The maximum absolute atomic E-state index is 13.9. The van der Waals surface area contributed by atoms with Crippen LogP contribution in [0.25, 0.3) is 134 Å². The molecule has 6 aliphatic carbocycles. The zero-order chi connectivity index (χ0) is 95.4. The molecule has 18 aromatic heterocycles. The zero-order valence-corrected chi connectivity index (χ0v) is 78.1. The molecule has 7 aliphatic rings. The Morgan fingerprint density at radius 1 is 0.460 bits per heavy atom. The molecule has 0 spiro atoms. The van der Waals surface area contributed by atoms with Crippen LogP contribution in [0.5, 0.6) is 0 Å². The van der Waals surface area contributed by atoms with Crippen LogP contribution in [-0.2, 0) is 46.0 Å². The summed E-state index contributed by atoms with van der Waals surface area (Å²) < 4.78 is 65.3. The number of anilines is 3. The molecule has 40 heteroatoms. The van der Waals surface area contributed by atoms with Gasteiger partial charge in [0, 0.05) is 181 Å². The molecule has 11 N–H and O–H groups in total. The van der Waals surface area contributed by atoms with Crippen LogP contribution in [0.15, 0.2) is 163 Å². The fourth-order valence-corrected chi connectivity index (χ4v) is 21.6. The number of thiazole rings is 1. The number of aliphatic hydroxyl groups is 1. The molecule has 8 unspecified atom stereocenters. The van der Waals surface area contributed by atoms with Gasteiger partial charge in [-0.2, -0.15) is 10.2 Å². The van der Waals surface area contributed by atoms with Crippen molar-refractivity contribution >= 4 is 135 Å². The van der Waals surface area contributed by atoms with Crippen molar-refractivity contribution in [3.8, 4) is 45.6 Å². The Labute approximate surface area is 796 Å². The molecule has 3 amide bonds. The van der Waals surface area contributed by atoms with Gasteiger partial charge >= 0.3 is 0 Å². The highest BCUT2D eigenvalue weighted by Crippen LogP contribution is 2.51. The Kier molecular flexibility index (Phi) is 25.0. The van der Waals surface area contributed by atoms with Gasteiger partial charge in [-0.25, -0.2) is 87.3 Å². The third-order valence-corrected chi connectivity index (χ3v) is 28.8. The Morgan fingerprint density at radius 2 is 0.863 bits per heavy atom. The van der Waals surface area contributed by atoms with Crippen LogP contribution in [0.4, 0.5) is 35.0 Å². The van der Waals surface area contributed by atoms with Gasteiger partial charge in [-0.15, -0.1) is 11.3 Å². The minimum absolute atomic E-state index is 0.0423. The SMILES string of the molecule is CC1C2CCC(CC2)C1Cc1nc(-c2c[nH]c3ncc(F)cc23)nc2c1ccn2CCO.Cc1nc(C(=O)NC2CCCC(Nc3nc(-c4c[nH]c5ncc(F)cc45)nc4c3ccn4C)C2)cs1.Cn1ccc2c(NC3CCCC(NC(=O)C4=CCN=N4)C3)nc(-c3c[nH]c4ncc(F)cc34)nc21.Cn1cnc(C(=O)NC2CCCC(Nc3nc(-c4c[nH]c5ncc(F)cc45)nc4c3ccn4C)C2)c1. The minimum Gasteiger partial charge on any atom is -0.395 e. The summed E-state index contributed by atoms with van der Waals surface area (Å²) in [6.45, 7) is 5.30. The van der Waals surface area contributed by atoms with Gasteiger partial charge in [-0.1, -0.05) is 6.92 Å². The number of hydrogen-bond donors (Lipinski definition) is 11. The third kappa shape index (κ3) is 18.8. The van der Waals surface area contributed by atoms with E-state index < -0.39 is 17.5 Å². The van der Waals surface area contributed by atoms with Gasteiger partial charge in [0.05, 0.1) is 71.1 Å². The first kappa shape index (κ1) is 90.4. The van der Waals surface area contributed by atoms with E-state index in [2.05, 4.69) is 105 Å². The van der Waals surface area contributed by atoms with Crippen molar-refractivity contribution in [3.05, 3.63) is 198 Å². The van der Waals surface area contributed by atoms with Crippen molar-refractivity contribution < 1.29 is 37.1 Å². The maximum Gasteiger partial charge on any atom is 0.271 e. The number of fused-ring (bicyclic) bond motifs is 11. The molecule has 19 heterocycles. The summed E-state index contributed by atoms with van der Waals surface area (Å²) >= 11 is 1.47. The molecule has 0 radical (unpaired) electrons. The lowest BCUT2D eigenvalue weighted by Gasteiger charge is -2.47. The number of azo groups is 1. The van der Waals surface area contributed by atoms with Crippen molar-refractivity contribution in [2.75, 3.05) is 29.1 Å². The second kappa shape index (κ2) is 38.5. The summed E-state index contributed by atoms with van der Waals surface area (Å²) in [6, 6.07) is 14.4. The molecule has 6 saturated carbocycles. The smallest absolute Gasteiger partial charge is 0.271 e. The van der Waals surface area contributed by atoms with E-state index in [0.717, 1.165) is 167 Å². The highest BCUT2D eigenvalue weighted by atomic mass is 32.1. The average molecular weight is 1900 g/mol. The number of hydrogen-bond acceptors (Lipinski definition) is 24. The standard InChI is InChI=1S/C25H26FN9O.C25H25FN8OS.C25H28FN5O.C24H24FN9O/c1-34-12-20(29-13-34)25(36)31-16-5-3-4-15(9-16)30-22-17-6-7-35(2)24(17)33-23(32-22)19-11-28-21-18(19)8-14(26)10-27-21;1-13-29-20(12-36-13)25(35)31-16-5-3-4-15(9-16)30-22-17-6-7-34(2)24(17)33-23(32-22)19-11-28-21-18(19)8-14(26)10-27-21;1-14-15-2-4-16(5-3-15)19(14)11-22-18-6-7-31(8-9-32)25(18)30-24(29-22)21-13-28-23-20(21)10-17(26)12-27-23;1-34-8-6-16-21(29-14-3-2-4-15(10-14)30-24(35)19-5-7-28-33-19)31-22(32-23(16)34)18-12-27-20-17(18)9-13(25)11-26-20/h6-8,10-13,15-16H,3-5,9H2,1-2H3,(H,27,28)(H,31,36)(H,30,32,33);6-8,10-12,15-16H,3-5,9H2,1-2H3,(H,27,28)(H,31,35)(H,30,32,33);6-7,10,12-16,19,32H,2-5,8-9,11H2,1H3,(H,27,28);5-6,8-9,11-12,14-15H,2-4,7,10H2,1H3,(H,26,27)(H,30,35)(H,29,31,32). The predicted molar refractivity (Wildman–Crippen MR) is 522 cm³/mol. The Morgan fingerprint density at radius 3 is 1.26 bits per heavy atom. The highest BCUT2D eigenvalue weighted by Gasteiger charge is 2.42. The quantitative estimate of drug-likeness (QED) is 0.0316. The summed E-state index contributed by atoms with van der Waals surface area (Å²) in [4.78, 5) is 114. The van der Waals surface area contributed by atoms with Gasteiger partial charge in [0.15, 0.2) is 23.3 Å². The maximum atomic E-state index is 13.9. The lowest BCUT2D eigenvalue weighted by Crippen LogP contribution is -2.42. The number of amides is 3. The molecule has 25 rings (SSSR count). The summed E-state index contributed by atoms with van der Waals surface area (Å²) in [6.07, 6.45) is 42.0. The lowest BCUT2D eigenvalue weighted by molar-refractivity contribution is -0.118. The number of imidazole rings is 1. The minimum atomic E-state index is -0.415. The van der Waals surface area contributed by atoms with Crippen LogP contribution in [0.3, 0.4) is 0 Å². The van der Waals surface area contributed by atoms with E-state index in [4.69, 9.17) is 39.9 Å². The number of aliphatic hydroxyl groups excluding tert-OH is 1. The first-order valence-electron chi connectivity index (χ1n) is 47.2. The van der Waals surface area contributed by atoms with Gasteiger partial charge in [0.1, 0.15) is 103 Å². The van der Waals surface area contributed by atoms with Gasteiger partial charge in [-0.3, -0.25) is 14.4 Å². The summed E-state index contributed by atoms with van der Waals surface area (Å²) in [7, 11) is 7.64. The van der Waals surface area contributed by atoms with Crippen molar-refractivity contribution in [1.82, 2.24) is 128 Å². The number of pyridine rings is 4. The van der Waals surface area contributed by atoms with Crippen LogP contribution in [0.2, 0.25) is 0 Å². The van der Waals surface area contributed by atoms with E-state index in [0.29, 0.717) is 132 Å². The second-order valence-electron chi connectivity index (χ2n) is 37.3. The number of carbonyl (C=O) groups excluding carboxylic acids is 3. The Hall–Kier alpha value is -15.1.